The second kappa shape index (κ2) is 6.30. The van der Waals surface area contributed by atoms with Crippen molar-refractivity contribution in [2.24, 2.45) is 7.05 Å². The van der Waals surface area contributed by atoms with Gasteiger partial charge in [-0.25, -0.2) is 14.1 Å². The van der Waals surface area contributed by atoms with Gasteiger partial charge in [-0.15, -0.1) is 0 Å². The Bertz CT molecular complexity index is 854. The highest BCUT2D eigenvalue weighted by atomic mass is 35.5. The van der Waals surface area contributed by atoms with Crippen molar-refractivity contribution >= 4 is 23.2 Å². The fourth-order valence-electron chi connectivity index (χ4n) is 2.40. The fourth-order valence-corrected chi connectivity index (χ4v) is 2.93. The zero-order valence-electron chi connectivity index (χ0n) is 12.6. The van der Waals surface area contributed by atoms with Crippen molar-refractivity contribution in [2.45, 2.75) is 13.3 Å². The summed E-state index contributed by atoms with van der Waals surface area (Å²) in [5, 5.41) is 5.15. The number of hydrogen-bond acceptors (Lipinski definition) is 2. The molecule has 0 N–H and O–H groups in total. The zero-order valence-corrected chi connectivity index (χ0v) is 14.2. The molecule has 0 fully saturated rings. The molecule has 0 radical (unpaired) electrons. The molecule has 0 aliphatic heterocycles. The summed E-state index contributed by atoms with van der Waals surface area (Å²) in [4.78, 5) is 4.43. The summed E-state index contributed by atoms with van der Waals surface area (Å²) < 4.78 is 15.6. The number of aryl methyl sites for hydroxylation is 2. The SMILES string of the molecule is CCc1ccc(-c2nc(-c3c(F)cccc3Cl)nn2C)c(Cl)c1. The highest BCUT2D eigenvalue weighted by molar-refractivity contribution is 6.33. The summed E-state index contributed by atoms with van der Waals surface area (Å²) >= 11 is 12.4. The predicted octanol–water partition coefficient (Wildman–Crippen LogP) is 5.16. The van der Waals surface area contributed by atoms with Crippen LogP contribution in [0.5, 0.6) is 0 Å². The van der Waals surface area contributed by atoms with Gasteiger partial charge in [-0.1, -0.05) is 42.3 Å². The second-order valence-electron chi connectivity index (χ2n) is 5.15. The quantitative estimate of drug-likeness (QED) is 0.653. The van der Waals surface area contributed by atoms with Crippen LogP contribution in [-0.2, 0) is 13.5 Å². The fraction of sp³-hybridized carbons (Fsp3) is 0.176. The highest BCUT2D eigenvalue weighted by Crippen LogP contribution is 2.32. The minimum atomic E-state index is -0.456. The number of halogens is 3. The first-order valence-electron chi connectivity index (χ1n) is 7.15. The van der Waals surface area contributed by atoms with Crippen molar-refractivity contribution in [1.29, 1.82) is 0 Å². The van der Waals surface area contributed by atoms with Crippen molar-refractivity contribution in [2.75, 3.05) is 0 Å². The van der Waals surface area contributed by atoms with Crippen LogP contribution in [0.25, 0.3) is 22.8 Å². The second-order valence-corrected chi connectivity index (χ2v) is 5.96. The van der Waals surface area contributed by atoms with Crippen molar-refractivity contribution < 1.29 is 4.39 Å². The number of hydrogen-bond donors (Lipinski definition) is 0. The zero-order chi connectivity index (χ0) is 16.6. The Kier molecular flexibility index (Phi) is 4.37. The number of benzene rings is 2. The smallest absolute Gasteiger partial charge is 0.186 e. The van der Waals surface area contributed by atoms with Crippen LogP contribution >= 0.6 is 23.2 Å². The van der Waals surface area contributed by atoms with Crippen LogP contribution in [0.3, 0.4) is 0 Å². The maximum atomic E-state index is 14.1. The van der Waals surface area contributed by atoms with Gasteiger partial charge >= 0.3 is 0 Å². The van der Waals surface area contributed by atoms with Gasteiger partial charge in [0.2, 0.25) is 0 Å². The third kappa shape index (κ3) is 2.96. The molecule has 0 unspecified atom stereocenters. The molecule has 118 valence electrons. The molecule has 3 nitrogen and oxygen atoms in total. The van der Waals surface area contributed by atoms with E-state index in [1.54, 1.807) is 23.9 Å². The molecule has 1 heterocycles. The summed E-state index contributed by atoms with van der Waals surface area (Å²) in [6.07, 6.45) is 0.898. The molecule has 0 aliphatic rings. The lowest BCUT2D eigenvalue weighted by Crippen LogP contribution is -1.95. The molecular formula is C17H14Cl2FN3. The van der Waals surface area contributed by atoms with Crippen LogP contribution in [-0.4, -0.2) is 14.8 Å². The van der Waals surface area contributed by atoms with Gasteiger partial charge in [0, 0.05) is 12.6 Å². The van der Waals surface area contributed by atoms with Gasteiger partial charge < -0.3 is 0 Å². The standard InChI is InChI=1S/C17H14Cl2FN3/c1-3-10-7-8-11(13(19)9-10)17-21-16(22-23(17)2)15-12(18)5-4-6-14(15)20/h4-9H,3H2,1-2H3. The van der Waals surface area contributed by atoms with E-state index in [-0.39, 0.29) is 16.4 Å². The Balaban J connectivity index is 2.12. The van der Waals surface area contributed by atoms with E-state index in [1.807, 2.05) is 18.2 Å². The first kappa shape index (κ1) is 16.0. The Hall–Kier alpha value is -1.91. The maximum absolute atomic E-state index is 14.1. The van der Waals surface area contributed by atoms with Gasteiger partial charge in [-0.3, -0.25) is 0 Å². The molecule has 0 amide bonds. The van der Waals surface area contributed by atoms with E-state index in [1.165, 1.54) is 6.07 Å². The van der Waals surface area contributed by atoms with Gasteiger partial charge in [0.1, 0.15) is 5.82 Å². The molecular weight excluding hydrogens is 336 g/mol. The van der Waals surface area contributed by atoms with Gasteiger partial charge in [0.25, 0.3) is 0 Å². The largest absolute Gasteiger partial charge is 0.248 e. The first-order valence-corrected chi connectivity index (χ1v) is 7.91. The lowest BCUT2D eigenvalue weighted by atomic mass is 10.1. The van der Waals surface area contributed by atoms with Gasteiger partial charge in [0.05, 0.1) is 15.6 Å². The number of rotatable bonds is 3. The van der Waals surface area contributed by atoms with Crippen molar-refractivity contribution in [3.05, 3.63) is 57.8 Å². The van der Waals surface area contributed by atoms with Crippen molar-refractivity contribution in [3.63, 3.8) is 0 Å². The summed E-state index contributed by atoms with van der Waals surface area (Å²) in [6.45, 7) is 2.06. The normalized spacial score (nSPS) is 11.0. The highest BCUT2D eigenvalue weighted by Gasteiger charge is 2.18. The summed E-state index contributed by atoms with van der Waals surface area (Å²) in [5.41, 5.74) is 2.08. The third-order valence-electron chi connectivity index (χ3n) is 3.63. The first-order chi connectivity index (χ1) is 11.0. The van der Waals surface area contributed by atoms with Crippen LogP contribution in [0.4, 0.5) is 4.39 Å². The van der Waals surface area contributed by atoms with Gasteiger partial charge in [0.15, 0.2) is 11.6 Å². The number of nitrogens with zero attached hydrogens (tertiary/aromatic N) is 3. The van der Waals surface area contributed by atoms with Crippen LogP contribution in [0.1, 0.15) is 12.5 Å². The van der Waals surface area contributed by atoms with Crippen LogP contribution in [0.2, 0.25) is 10.0 Å². The lowest BCUT2D eigenvalue weighted by molar-refractivity contribution is 0.629. The predicted molar refractivity (Wildman–Crippen MR) is 91.2 cm³/mol. The molecule has 23 heavy (non-hydrogen) atoms. The summed E-state index contributed by atoms with van der Waals surface area (Å²) in [7, 11) is 1.74. The van der Waals surface area contributed by atoms with E-state index in [9.17, 15) is 4.39 Å². The Labute approximate surface area is 143 Å². The van der Waals surface area contributed by atoms with E-state index in [0.717, 1.165) is 17.5 Å². The van der Waals surface area contributed by atoms with E-state index in [0.29, 0.717) is 10.8 Å². The van der Waals surface area contributed by atoms with Crippen molar-refractivity contribution in [3.8, 4) is 22.8 Å². The van der Waals surface area contributed by atoms with E-state index in [4.69, 9.17) is 23.2 Å². The monoisotopic (exact) mass is 349 g/mol. The molecule has 3 rings (SSSR count). The average molecular weight is 350 g/mol. The van der Waals surface area contributed by atoms with Gasteiger partial charge in [-0.2, -0.15) is 5.10 Å². The van der Waals surface area contributed by atoms with E-state index in [2.05, 4.69) is 17.0 Å². The maximum Gasteiger partial charge on any atom is 0.186 e. The Morgan fingerprint density at radius 3 is 2.57 bits per heavy atom. The Morgan fingerprint density at radius 2 is 1.91 bits per heavy atom. The lowest BCUT2D eigenvalue weighted by Gasteiger charge is -2.05. The van der Waals surface area contributed by atoms with E-state index < -0.39 is 5.82 Å². The minimum Gasteiger partial charge on any atom is -0.248 e. The average Bonchev–Trinajstić information content (AvgIpc) is 2.88. The molecule has 0 aliphatic carbocycles. The topological polar surface area (TPSA) is 30.7 Å². The van der Waals surface area contributed by atoms with E-state index >= 15 is 0 Å². The molecule has 0 bridgehead atoms. The third-order valence-corrected chi connectivity index (χ3v) is 4.26. The molecule has 1 aromatic heterocycles. The summed E-state index contributed by atoms with van der Waals surface area (Å²) in [5.74, 6) is 0.343. The molecule has 0 spiro atoms. The molecule has 0 saturated carbocycles. The molecule has 3 aromatic rings. The van der Waals surface area contributed by atoms with Crippen LogP contribution < -0.4 is 0 Å². The van der Waals surface area contributed by atoms with Crippen LogP contribution in [0.15, 0.2) is 36.4 Å². The molecule has 0 saturated heterocycles. The Morgan fingerprint density at radius 1 is 1.13 bits per heavy atom. The molecule has 2 aromatic carbocycles. The number of aromatic nitrogens is 3. The van der Waals surface area contributed by atoms with Crippen LogP contribution in [0, 0.1) is 5.82 Å². The minimum absolute atomic E-state index is 0.192. The molecule has 6 heteroatoms. The van der Waals surface area contributed by atoms with Crippen molar-refractivity contribution in [1.82, 2.24) is 14.8 Å². The summed E-state index contributed by atoms with van der Waals surface area (Å²) in [6, 6.07) is 10.3. The molecule has 0 atom stereocenters. The van der Waals surface area contributed by atoms with Gasteiger partial charge in [-0.05, 0) is 36.2 Å².